The molecule has 1 saturated heterocycles. The number of oxazole rings is 1. The number of amides is 1. The Hall–Kier alpha value is -2.41. The highest BCUT2D eigenvalue weighted by Crippen LogP contribution is 2.40. The summed E-state index contributed by atoms with van der Waals surface area (Å²) in [6.07, 6.45) is 1.35. The first-order valence-electron chi connectivity index (χ1n) is 7.70. The Labute approximate surface area is 131 Å². The maximum atomic E-state index is 12.2. The summed E-state index contributed by atoms with van der Waals surface area (Å²) in [5.74, 6) is -0.178. The average Bonchev–Trinajstić information content (AvgIpc) is 3.10. The lowest BCUT2D eigenvalue weighted by Gasteiger charge is -2.11. The zero-order valence-corrected chi connectivity index (χ0v) is 12.3. The van der Waals surface area contributed by atoms with Gasteiger partial charge in [-0.2, -0.15) is 0 Å². The van der Waals surface area contributed by atoms with E-state index in [2.05, 4.69) is 10.3 Å². The summed E-state index contributed by atoms with van der Waals surface area (Å²) in [4.78, 5) is 27.5. The van der Waals surface area contributed by atoms with Crippen LogP contribution >= 0.6 is 0 Å². The predicted molar refractivity (Wildman–Crippen MR) is 80.1 cm³/mol. The Kier molecular flexibility index (Phi) is 3.30. The van der Waals surface area contributed by atoms with Crippen LogP contribution in [0.3, 0.4) is 0 Å². The molecule has 1 aromatic heterocycles. The number of anilines is 1. The zero-order chi connectivity index (χ0) is 16.0. The zero-order valence-electron chi connectivity index (χ0n) is 12.3. The molecule has 2 heterocycles. The molecule has 2 N–H and O–H groups in total. The van der Waals surface area contributed by atoms with Crippen LogP contribution in [0.15, 0.2) is 22.6 Å². The van der Waals surface area contributed by atoms with Crippen molar-refractivity contribution in [3.63, 3.8) is 0 Å². The third-order valence-corrected chi connectivity index (χ3v) is 4.19. The van der Waals surface area contributed by atoms with Crippen molar-refractivity contribution in [2.75, 3.05) is 5.32 Å². The third kappa shape index (κ3) is 2.79. The van der Waals surface area contributed by atoms with Gasteiger partial charge in [0.15, 0.2) is 17.6 Å². The fraction of sp³-hybridized carbons (Fsp3) is 0.438. The topological polar surface area (TPSA) is 102 Å². The molecule has 1 aromatic carbocycles. The molecule has 1 amide bonds. The Morgan fingerprint density at radius 1 is 1.17 bits per heavy atom. The van der Waals surface area contributed by atoms with Gasteiger partial charge in [0.1, 0.15) is 11.6 Å². The van der Waals surface area contributed by atoms with Crippen LogP contribution in [0.5, 0.6) is 0 Å². The molecule has 2 aromatic rings. The second-order valence-electron chi connectivity index (χ2n) is 6.03. The monoisotopic (exact) mass is 316 g/mol. The molecule has 7 heteroatoms. The predicted octanol–water partition coefficient (Wildman–Crippen LogP) is 2.28. The highest BCUT2D eigenvalue weighted by atomic mass is 16.5. The van der Waals surface area contributed by atoms with E-state index in [1.54, 1.807) is 18.2 Å². The molecule has 0 unspecified atom stereocenters. The quantitative estimate of drug-likeness (QED) is 0.897. The van der Waals surface area contributed by atoms with Gasteiger partial charge in [-0.25, -0.2) is 9.78 Å². The highest BCUT2D eigenvalue weighted by molar-refractivity contribution is 5.96. The van der Waals surface area contributed by atoms with E-state index < -0.39 is 18.2 Å². The molecule has 4 rings (SSSR count). The third-order valence-electron chi connectivity index (χ3n) is 4.19. The maximum absolute atomic E-state index is 12.2. The molecule has 1 aliphatic heterocycles. The van der Waals surface area contributed by atoms with E-state index in [0.29, 0.717) is 35.5 Å². The van der Waals surface area contributed by atoms with Gasteiger partial charge < -0.3 is 19.6 Å². The van der Waals surface area contributed by atoms with Crippen molar-refractivity contribution in [3.05, 3.63) is 24.1 Å². The minimum atomic E-state index is -1.03. The maximum Gasteiger partial charge on any atom is 0.332 e. The molecule has 0 bridgehead atoms. The standard InChI is InChI=1S/C16H16N2O5/c19-14(12-5-6-13(22-12)16(20)21)17-9-3-4-11-10(7-9)18-15(23-11)8-1-2-8/h3-4,7-8,12-13H,1-2,5-6H2,(H,17,19)(H,20,21)/t12-,13+/m0/s1. The van der Waals surface area contributed by atoms with Crippen LogP contribution in [0.2, 0.25) is 0 Å². The summed E-state index contributed by atoms with van der Waals surface area (Å²) >= 11 is 0. The summed E-state index contributed by atoms with van der Waals surface area (Å²) in [7, 11) is 0. The van der Waals surface area contributed by atoms with Crippen LogP contribution in [-0.2, 0) is 14.3 Å². The first-order chi connectivity index (χ1) is 11.1. The van der Waals surface area contributed by atoms with Gasteiger partial charge in [-0.1, -0.05) is 0 Å². The van der Waals surface area contributed by atoms with Crippen molar-refractivity contribution in [1.29, 1.82) is 0 Å². The molecule has 2 aliphatic rings. The number of benzene rings is 1. The number of rotatable bonds is 4. The minimum Gasteiger partial charge on any atom is -0.479 e. The summed E-state index contributed by atoms with van der Waals surface area (Å²) in [6.45, 7) is 0. The second kappa shape index (κ2) is 5.34. The second-order valence-corrected chi connectivity index (χ2v) is 6.03. The molecule has 0 radical (unpaired) electrons. The highest BCUT2D eigenvalue weighted by Gasteiger charge is 2.34. The van der Waals surface area contributed by atoms with Gasteiger partial charge in [0.25, 0.3) is 5.91 Å². The Morgan fingerprint density at radius 2 is 1.96 bits per heavy atom. The normalized spacial score (nSPS) is 24.0. The van der Waals surface area contributed by atoms with Crippen molar-refractivity contribution in [3.8, 4) is 0 Å². The number of carboxylic acid groups (broad SMARTS) is 1. The molecule has 1 saturated carbocycles. The van der Waals surface area contributed by atoms with Crippen molar-refractivity contribution < 1.29 is 23.8 Å². The number of nitrogens with zero attached hydrogens (tertiary/aromatic N) is 1. The number of ether oxygens (including phenoxy) is 1. The molecular formula is C16H16N2O5. The number of carboxylic acids is 1. The van der Waals surface area contributed by atoms with Crippen molar-refractivity contribution in [2.24, 2.45) is 0 Å². The van der Waals surface area contributed by atoms with Gasteiger partial charge in [0.05, 0.1) is 0 Å². The minimum absolute atomic E-state index is 0.334. The number of hydrogen-bond acceptors (Lipinski definition) is 5. The summed E-state index contributed by atoms with van der Waals surface area (Å²) in [5, 5.41) is 11.6. The van der Waals surface area contributed by atoms with E-state index in [9.17, 15) is 9.59 Å². The van der Waals surface area contributed by atoms with Crippen LogP contribution in [0.25, 0.3) is 11.1 Å². The van der Waals surface area contributed by atoms with E-state index in [-0.39, 0.29) is 5.91 Å². The first-order valence-corrected chi connectivity index (χ1v) is 7.70. The van der Waals surface area contributed by atoms with Gasteiger partial charge in [0, 0.05) is 11.6 Å². The summed E-state index contributed by atoms with van der Waals surface area (Å²) in [6, 6.07) is 5.28. The van der Waals surface area contributed by atoms with Crippen LogP contribution in [0, 0.1) is 0 Å². The van der Waals surface area contributed by atoms with Gasteiger partial charge in [-0.15, -0.1) is 0 Å². The number of aliphatic carboxylic acids is 1. The van der Waals surface area contributed by atoms with Crippen molar-refractivity contribution in [1.82, 2.24) is 4.98 Å². The van der Waals surface area contributed by atoms with Gasteiger partial charge >= 0.3 is 5.97 Å². The molecule has 2 atom stereocenters. The van der Waals surface area contributed by atoms with Crippen LogP contribution in [0.4, 0.5) is 5.69 Å². The lowest BCUT2D eigenvalue weighted by Crippen LogP contribution is -2.29. The largest absolute Gasteiger partial charge is 0.479 e. The molecule has 23 heavy (non-hydrogen) atoms. The van der Waals surface area contributed by atoms with Gasteiger partial charge in [-0.05, 0) is 43.9 Å². The Balaban J connectivity index is 1.46. The fourth-order valence-electron chi connectivity index (χ4n) is 2.76. The summed E-state index contributed by atoms with van der Waals surface area (Å²) in [5.41, 5.74) is 2.01. The van der Waals surface area contributed by atoms with Gasteiger partial charge in [-0.3, -0.25) is 4.79 Å². The molecular weight excluding hydrogens is 300 g/mol. The van der Waals surface area contributed by atoms with E-state index in [1.165, 1.54) is 0 Å². The van der Waals surface area contributed by atoms with Crippen LogP contribution < -0.4 is 5.32 Å². The van der Waals surface area contributed by atoms with E-state index in [1.807, 2.05) is 0 Å². The molecule has 120 valence electrons. The Bertz CT molecular complexity index is 780. The fourth-order valence-corrected chi connectivity index (χ4v) is 2.76. The number of carbonyl (C=O) groups excluding carboxylic acids is 1. The first kappa shape index (κ1) is 14.2. The van der Waals surface area contributed by atoms with Crippen molar-refractivity contribution >= 4 is 28.7 Å². The number of aromatic nitrogens is 1. The van der Waals surface area contributed by atoms with Crippen LogP contribution in [-0.4, -0.2) is 34.2 Å². The van der Waals surface area contributed by atoms with E-state index in [0.717, 1.165) is 18.7 Å². The SMILES string of the molecule is O=C(Nc1ccc2oc(C3CC3)nc2c1)[C@@H]1CC[C@H](C(=O)O)O1. The van der Waals surface area contributed by atoms with E-state index >= 15 is 0 Å². The number of fused-ring (bicyclic) bond motifs is 1. The smallest absolute Gasteiger partial charge is 0.332 e. The van der Waals surface area contributed by atoms with Crippen LogP contribution in [0.1, 0.15) is 37.5 Å². The Morgan fingerprint density at radius 3 is 2.65 bits per heavy atom. The molecule has 1 aliphatic carbocycles. The number of carbonyl (C=O) groups is 2. The van der Waals surface area contributed by atoms with E-state index in [4.69, 9.17) is 14.3 Å². The molecule has 2 fully saturated rings. The van der Waals surface area contributed by atoms with Crippen molar-refractivity contribution in [2.45, 2.75) is 43.8 Å². The lowest BCUT2D eigenvalue weighted by molar-refractivity contribution is -0.150. The lowest BCUT2D eigenvalue weighted by atomic mass is 10.2. The number of hydrogen-bond donors (Lipinski definition) is 2. The van der Waals surface area contributed by atoms with Gasteiger partial charge in [0.2, 0.25) is 0 Å². The number of nitrogens with one attached hydrogen (secondary N) is 1. The molecule has 0 spiro atoms. The summed E-state index contributed by atoms with van der Waals surface area (Å²) < 4.78 is 10.9. The average molecular weight is 316 g/mol. The molecule has 7 nitrogen and oxygen atoms in total.